The van der Waals surface area contributed by atoms with Crippen LogP contribution in [0.2, 0.25) is 0 Å². The molecule has 0 aliphatic carbocycles. The number of hydrogen-bond acceptors (Lipinski definition) is 5. The van der Waals surface area contributed by atoms with E-state index in [-0.39, 0.29) is 18.7 Å². The van der Waals surface area contributed by atoms with E-state index >= 15 is 0 Å². The van der Waals surface area contributed by atoms with Crippen molar-refractivity contribution in [3.8, 4) is 0 Å². The molecular formula is C17H20N4O5P+. The lowest BCUT2D eigenvalue weighted by Gasteiger charge is -2.10. The highest BCUT2D eigenvalue weighted by atomic mass is 31.1. The molecule has 0 saturated carbocycles. The van der Waals surface area contributed by atoms with E-state index in [0.717, 1.165) is 5.56 Å². The van der Waals surface area contributed by atoms with Gasteiger partial charge in [-0.15, -0.1) is 9.42 Å². The SMILES string of the molecule is Cn1c(=O)n(Cc2ccccc2)c(=O)c2c1ncn2CCCCO[P+](=O)O. The van der Waals surface area contributed by atoms with Crippen LogP contribution >= 0.6 is 8.25 Å². The highest BCUT2D eigenvalue weighted by molar-refractivity contribution is 7.32. The van der Waals surface area contributed by atoms with Gasteiger partial charge in [0.2, 0.25) is 0 Å². The van der Waals surface area contributed by atoms with Crippen molar-refractivity contribution in [2.45, 2.75) is 25.9 Å². The predicted molar refractivity (Wildman–Crippen MR) is 99.8 cm³/mol. The Bertz CT molecular complexity index is 1070. The Morgan fingerprint density at radius 3 is 2.63 bits per heavy atom. The van der Waals surface area contributed by atoms with Crippen LogP contribution in [0.15, 0.2) is 46.2 Å². The van der Waals surface area contributed by atoms with Crippen LogP contribution in [0.25, 0.3) is 11.2 Å². The molecule has 0 saturated heterocycles. The summed E-state index contributed by atoms with van der Waals surface area (Å²) in [6.45, 7) is 0.834. The molecule has 0 radical (unpaired) electrons. The standard InChI is InChI=1S/C17H19N4O5P/c1-19-15-14(20(12-18-15)9-5-6-10-26-27(24)25)16(22)21(17(19)23)11-13-7-3-2-4-8-13/h2-4,7-8,12H,5-6,9-11H2,1H3/p+1. The fourth-order valence-corrected chi connectivity index (χ4v) is 3.21. The average Bonchev–Trinajstić information content (AvgIpc) is 3.08. The maximum absolute atomic E-state index is 13.0. The summed E-state index contributed by atoms with van der Waals surface area (Å²) in [5.41, 5.74) is 0.759. The predicted octanol–water partition coefficient (Wildman–Crippen LogP) is 1.39. The topological polar surface area (TPSA) is 108 Å². The van der Waals surface area contributed by atoms with Crippen molar-refractivity contribution in [2.75, 3.05) is 6.61 Å². The number of imidazole rings is 1. The van der Waals surface area contributed by atoms with E-state index in [9.17, 15) is 14.2 Å². The molecule has 3 rings (SSSR count). The summed E-state index contributed by atoms with van der Waals surface area (Å²) in [7, 11) is -1.00. The summed E-state index contributed by atoms with van der Waals surface area (Å²) in [6.07, 6.45) is 2.73. The van der Waals surface area contributed by atoms with Crippen LogP contribution in [-0.4, -0.2) is 30.2 Å². The molecule has 1 unspecified atom stereocenters. The summed E-state index contributed by atoms with van der Waals surface area (Å²) in [4.78, 5) is 38.4. The number of aryl methyl sites for hydroxylation is 2. The lowest BCUT2D eigenvalue weighted by molar-refractivity contribution is 0.273. The normalized spacial score (nSPS) is 11.9. The van der Waals surface area contributed by atoms with Crippen LogP contribution < -0.4 is 11.2 Å². The maximum Gasteiger partial charge on any atom is 0.694 e. The number of aromatic nitrogens is 4. The minimum atomic E-state index is -2.59. The van der Waals surface area contributed by atoms with Crippen molar-refractivity contribution in [1.82, 2.24) is 18.7 Å². The van der Waals surface area contributed by atoms with Crippen molar-refractivity contribution in [3.63, 3.8) is 0 Å². The van der Waals surface area contributed by atoms with Gasteiger partial charge < -0.3 is 4.57 Å². The summed E-state index contributed by atoms with van der Waals surface area (Å²) in [5.74, 6) is 0. The summed E-state index contributed by atoms with van der Waals surface area (Å²) in [6, 6.07) is 9.31. The van der Waals surface area contributed by atoms with E-state index < -0.39 is 13.9 Å². The highest BCUT2D eigenvalue weighted by Crippen LogP contribution is 2.15. The van der Waals surface area contributed by atoms with Crippen LogP contribution in [0.5, 0.6) is 0 Å². The zero-order chi connectivity index (χ0) is 19.4. The largest absolute Gasteiger partial charge is 0.694 e. The van der Waals surface area contributed by atoms with Crippen LogP contribution in [0.1, 0.15) is 18.4 Å². The third kappa shape index (κ3) is 4.21. The first kappa shape index (κ1) is 19.2. The van der Waals surface area contributed by atoms with E-state index in [1.165, 1.54) is 15.5 Å². The third-order valence-corrected chi connectivity index (χ3v) is 4.68. The molecule has 0 fully saturated rings. The number of unbranched alkanes of at least 4 members (excludes halogenated alkanes) is 1. The molecule has 10 heteroatoms. The Balaban J connectivity index is 1.90. The Labute approximate surface area is 155 Å². The average molecular weight is 391 g/mol. The van der Waals surface area contributed by atoms with Gasteiger partial charge in [-0.05, 0) is 18.4 Å². The third-order valence-electron chi connectivity index (χ3n) is 4.28. The Morgan fingerprint density at radius 1 is 1.19 bits per heavy atom. The molecule has 142 valence electrons. The zero-order valence-corrected chi connectivity index (χ0v) is 15.7. The van der Waals surface area contributed by atoms with Gasteiger partial charge in [-0.25, -0.2) is 9.78 Å². The number of hydrogen-bond donors (Lipinski definition) is 1. The molecule has 2 aromatic heterocycles. The second kappa shape index (κ2) is 8.39. The molecule has 1 N–H and O–H groups in total. The molecule has 9 nitrogen and oxygen atoms in total. The van der Waals surface area contributed by atoms with Gasteiger partial charge in [0.1, 0.15) is 6.61 Å². The number of rotatable bonds is 8. The van der Waals surface area contributed by atoms with Crippen molar-refractivity contribution in [1.29, 1.82) is 0 Å². The summed E-state index contributed by atoms with van der Waals surface area (Å²) >= 11 is 0. The fourth-order valence-electron chi connectivity index (χ4n) is 2.92. The molecule has 0 bridgehead atoms. The number of fused-ring (bicyclic) bond motifs is 1. The highest BCUT2D eigenvalue weighted by Gasteiger charge is 2.16. The van der Waals surface area contributed by atoms with Gasteiger partial charge >= 0.3 is 13.9 Å². The first-order valence-electron chi connectivity index (χ1n) is 8.46. The molecule has 1 atom stereocenters. The van der Waals surface area contributed by atoms with Gasteiger partial charge in [0.25, 0.3) is 5.56 Å². The van der Waals surface area contributed by atoms with Crippen LogP contribution in [0.3, 0.4) is 0 Å². The van der Waals surface area contributed by atoms with E-state index in [4.69, 9.17) is 4.89 Å². The molecular weight excluding hydrogens is 371 g/mol. The Morgan fingerprint density at radius 2 is 1.93 bits per heavy atom. The maximum atomic E-state index is 13.0. The molecule has 3 aromatic rings. The second-order valence-electron chi connectivity index (χ2n) is 6.11. The molecule has 0 aliphatic heterocycles. The van der Waals surface area contributed by atoms with Gasteiger partial charge in [-0.3, -0.25) is 13.9 Å². The van der Waals surface area contributed by atoms with Gasteiger partial charge in [0.15, 0.2) is 11.2 Å². The van der Waals surface area contributed by atoms with Crippen LogP contribution in [-0.2, 0) is 29.2 Å². The van der Waals surface area contributed by atoms with Gasteiger partial charge in [-0.2, -0.15) is 0 Å². The van der Waals surface area contributed by atoms with Crippen LogP contribution in [0.4, 0.5) is 0 Å². The Hall–Kier alpha value is -2.61. The lowest BCUT2D eigenvalue weighted by Crippen LogP contribution is -2.40. The quantitative estimate of drug-likeness (QED) is 0.459. The monoisotopic (exact) mass is 391 g/mol. The summed E-state index contributed by atoms with van der Waals surface area (Å²) in [5, 5.41) is 0. The lowest BCUT2D eigenvalue weighted by atomic mass is 10.2. The van der Waals surface area contributed by atoms with Crippen molar-refractivity contribution < 1.29 is 14.0 Å². The molecule has 27 heavy (non-hydrogen) atoms. The number of nitrogens with zero attached hydrogens (tertiary/aromatic N) is 4. The van der Waals surface area contributed by atoms with Crippen LogP contribution in [0, 0.1) is 0 Å². The fraction of sp³-hybridized carbons (Fsp3) is 0.353. The van der Waals surface area contributed by atoms with Gasteiger partial charge in [0, 0.05) is 18.2 Å². The molecule has 2 heterocycles. The minimum absolute atomic E-state index is 0.162. The van der Waals surface area contributed by atoms with Gasteiger partial charge in [0.05, 0.1) is 12.9 Å². The van der Waals surface area contributed by atoms with Gasteiger partial charge in [-0.1, -0.05) is 30.3 Å². The smallest absolute Gasteiger partial charge is 0.325 e. The Kier molecular flexibility index (Phi) is 5.95. The van der Waals surface area contributed by atoms with E-state index in [0.29, 0.717) is 30.6 Å². The minimum Gasteiger partial charge on any atom is -0.325 e. The second-order valence-corrected chi connectivity index (χ2v) is 6.84. The van der Waals surface area contributed by atoms with Crippen molar-refractivity contribution in [2.24, 2.45) is 7.05 Å². The first-order chi connectivity index (χ1) is 13.0. The van der Waals surface area contributed by atoms with Crippen molar-refractivity contribution >= 4 is 19.4 Å². The van der Waals surface area contributed by atoms with E-state index in [2.05, 4.69) is 9.51 Å². The summed E-state index contributed by atoms with van der Waals surface area (Å²) < 4.78 is 19.4. The number of benzene rings is 1. The zero-order valence-electron chi connectivity index (χ0n) is 14.8. The molecule has 0 aliphatic rings. The van der Waals surface area contributed by atoms with E-state index in [1.807, 2.05) is 30.3 Å². The molecule has 0 spiro atoms. The van der Waals surface area contributed by atoms with E-state index in [1.54, 1.807) is 11.6 Å². The first-order valence-corrected chi connectivity index (χ1v) is 9.59. The molecule has 0 amide bonds. The molecule has 1 aromatic carbocycles. The van der Waals surface area contributed by atoms with Crippen molar-refractivity contribution in [3.05, 3.63) is 63.1 Å².